The smallest absolute Gasteiger partial charge is 0.448 e. The molecule has 1 heterocycles. The minimum absolute atomic E-state index is 0.0359. The predicted molar refractivity (Wildman–Crippen MR) is 91.0 cm³/mol. The van der Waals surface area contributed by atoms with Crippen LogP contribution in [-0.4, -0.2) is 47.6 Å². The summed E-state index contributed by atoms with van der Waals surface area (Å²) in [5.74, 6) is -2.06. The molecule has 0 saturated carbocycles. The number of rotatable bonds is 5. The molecule has 0 aromatic carbocycles. The number of aromatic amines is 1. The number of allylic oxidation sites excluding steroid dienone is 2. The highest BCUT2D eigenvalue weighted by Crippen LogP contribution is 2.31. The summed E-state index contributed by atoms with van der Waals surface area (Å²) in [5, 5.41) is 17.5. The van der Waals surface area contributed by atoms with Crippen LogP contribution in [-0.2, 0) is 28.4 Å². The number of carboxylic acids is 2. The van der Waals surface area contributed by atoms with E-state index in [-0.39, 0.29) is 12.0 Å². The van der Waals surface area contributed by atoms with Crippen molar-refractivity contribution in [3.8, 4) is 0 Å². The lowest BCUT2D eigenvalue weighted by molar-refractivity contribution is -0.145. The highest BCUT2D eigenvalue weighted by Gasteiger charge is 2.34. The van der Waals surface area contributed by atoms with Gasteiger partial charge in [-0.25, -0.2) is 14.0 Å². The summed E-state index contributed by atoms with van der Waals surface area (Å²) in [5.41, 5.74) is -0.949. The van der Waals surface area contributed by atoms with Gasteiger partial charge >= 0.3 is 22.3 Å². The van der Waals surface area contributed by atoms with Crippen LogP contribution in [0.15, 0.2) is 55.4 Å². The maximum Gasteiger partial charge on any atom is 0.448 e. The Bertz CT molecular complexity index is 735. The Hall–Kier alpha value is -2.92. The van der Waals surface area contributed by atoms with Gasteiger partial charge in [0, 0.05) is 18.0 Å². The van der Waals surface area contributed by atoms with Gasteiger partial charge in [-0.3, -0.25) is 4.79 Å². The monoisotopic (exact) mass is 388 g/mol. The fourth-order valence-corrected chi connectivity index (χ4v) is 1.77. The zero-order chi connectivity index (χ0) is 20.2. The molecule has 3 N–H and O–H groups in total. The van der Waals surface area contributed by atoms with Crippen molar-refractivity contribution in [3.63, 3.8) is 0 Å². The van der Waals surface area contributed by atoms with Gasteiger partial charge in [0.25, 0.3) is 0 Å². The zero-order valence-electron chi connectivity index (χ0n) is 14.2. The SMILES string of the molecule is C=COS(=O)(=O)OC.CC1(C(=O)O)C=CC=C(C(=O)O)C1.c1c[nH]cn1. The van der Waals surface area contributed by atoms with Crippen molar-refractivity contribution < 1.29 is 36.6 Å². The Morgan fingerprint density at radius 1 is 1.42 bits per heavy atom. The van der Waals surface area contributed by atoms with E-state index >= 15 is 0 Å². The second kappa shape index (κ2) is 10.8. The third kappa shape index (κ3) is 8.80. The average molecular weight is 388 g/mol. The van der Waals surface area contributed by atoms with Gasteiger partial charge in [0.15, 0.2) is 0 Å². The molecule has 1 atom stereocenters. The molecular weight excluding hydrogens is 368 g/mol. The minimum atomic E-state index is -3.79. The topological polar surface area (TPSA) is 156 Å². The van der Waals surface area contributed by atoms with E-state index in [0.717, 1.165) is 13.4 Å². The molecule has 1 aliphatic rings. The third-order valence-corrected chi connectivity index (χ3v) is 3.66. The van der Waals surface area contributed by atoms with Crippen molar-refractivity contribution in [2.45, 2.75) is 13.3 Å². The summed E-state index contributed by atoms with van der Waals surface area (Å²) >= 11 is 0. The highest BCUT2D eigenvalue weighted by molar-refractivity contribution is 7.81. The van der Waals surface area contributed by atoms with E-state index in [1.165, 1.54) is 25.2 Å². The molecular formula is C15H20N2O8S. The number of hydrogen-bond acceptors (Lipinski definition) is 7. The summed E-state index contributed by atoms with van der Waals surface area (Å²) < 4.78 is 27.9. The molecule has 0 radical (unpaired) electrons. The largest absolute Gasteiger partial charge is 0.481 e. The first kappa shape index (κ1) is 23.1. The lowest BCUT2D eigenvalue weighted by atomic mass is 9.80. The first-order valence-corrected chi connectivity index (χ1v) is 8.29. The number of aromatic nitrogens is 2. The maximum atomic E-state index is 10.8. The summed E-state index contributed by atoms with van der Waals surface area (Å²) in [6.07, 6.45) is 10.3. The van der Waals surface area contributed by atoms with Crippen molar-refractivity contribution in [1.82, 2.24) is 9.97 Å². The van der Waals surface area contributed by atoms with Crippen molar-refractivity contribution >= 4 is 22.3 Å². The van der Waals surface area contributed by atoms with Crippen molar-refractivity contribution in [2.24, 2.45) is 5.41 Å². The van der Waals surface area contributed by atoms with Crippen LogP contribution in [0, 0.1) is 5.41 Å². The molecule has 11 heteroatoms. The van der Waals surface area contributed by atoms with Crippen molar-refractivity contribution in [3.05, 3.63) is 55.4 Å². The molecule has 144 valence electrons. The quantitative estimate of drug-likeness (QED) is 0.636. The van der Waals surface area contributed by atoms with E-state index in [0.29, 0.717) is 0 Å². The molecule has 1 unspecified atom stereocenters. The number of nitrogens with one attached hydrogen (secondary N) is 1. The Kier molecular flexibility index (Phi) is 9.63. The van der Waals surface area contributed by atoms with Crippen molar-refractivity contribution in [2.75, 3.05) is 7.11 Å². The molecule has 0 amide bonds. The second-order valence-electron chi connectivity index (χ2n) is 4.85. The molecule has 1 aromatic rings. The highest BCUT2D eigenvalue weighted by atomic mass is 32.3. The molecule has 0 saturated heterocycles. The number of carbonyl (C=O) groups is 2. The Labute approximate surface area is 150 Å². The third-order valence-electron chi connectivity index (χ3n) is 2.88. The number of nitrogens with zero attached hydrogens (tertiary/aromatic N) is 1. The average Bonchev–Trinajstić information content (AvgIpc) is 3.15. The van der Waals surface area contributed by atoms with Crippen LogP contribution in [0.4, 0.5) is 0 Å². The van der Waals surface area contributed by atoms with E-state index in [2.05, 4.69) is 24.9 Å². The first-order chi connectivity index (χ1) is 12.1. The van der Waals surface area contributed by atoms with Gasteiger partial charge in [0.05, 0.1) is 18.9 Å². The van der Waals surface area contributed by atoms with E-state index in [1.54, 1.807) is 18.7 Å². The van der Waals surface area contributed by atoms with Gasteiger partial charge in [0.2, 0.25) is 0 Å². The van der Waals surface area contributed by atoms with Crippen LogP contribution in [0.1, 0.15) is 13.3 Å². The van der Waals surface area contributed by atoms with E-state index in [9.17, 15) is 18.0 Å². The van der Waals surface area contributed by atoms with Gasteiger partial charge < -0.3 is 19.4 Å². The van der Waals surface area contributed by atoms with Gasteiger partial charge in [-0.05, 0) is 13.3 Å². The van der Waals surface area contributed by atoms with Gasteiger partial charge in [0.1, 0.15) is 6.26 Å². The van der Waals surface area contributed by atoms with Crippen LogP contribution in [0.2, 0.25) is 0 Å². The molecule has 26 heavy (non-hydrogen) atoms. The molecule has 0 aliphatic heterocycles. The molecule has 2 rings (SSSR count). The van der Waals surface area contributed by atoms with E-state index in [1.807, 2.05) is 0 Å². The fraction of sp³-hybridized carbons (Fsp3) is 0.267. The standard InChI is InChI=1S/C9H10O4.C3H4N2.C3H6O4S/c1-9(8(12)13)4-2-3-6(5-9)7(10)11;1-2-5-3-4-1;1-3-7-8(4,5)6-2/h2-4H,5H2,1H3,(H,10,11)(H,12,13);1-3H,(H,4,5);3H,1H2,2H3. The van der Waals surface area contributed by atoms with Crippen molar-refractivity contribution in [1.29, 1.82) is 0 Å². The summed E-state index contributed by atoms with van der Waals surface area (Å²) in [7, 11) is -2.79. The van der Waals surface area contributed by atoms with E-state index < -0.39 is 27.8 Å². The number of H-pyrrole nitrogens is 1. The summed E-state index contributed by atoms with van der Waals surface area (Å²) in [6.45, 7) is 4.51. The fourth-order valence-electron chi connectivity index (χ4n) is 1.52. The van der Waals surface area contributed by atoms with Gasteiger partial charge in [-0.15, -0.1) is 0 Å². The Balaban J connectivity index is 0.000000407. The molecule has 0 bridgehead atoms. The van der Waals surface area contributed by atoms with Crippen LogP contribution in [0.3, 0.4) is 0 Å². The molecule has 1 aliphatic carbocycles. The van der Waals surface area contributed by atoms with Crippen LogP contribution < -0.4 is 0 Å². The molecule has 10 nitrogen and oxygen atoms in total. The summed E-state index contributed by atoms with van der Waals surface area (Å²) in [6, 6.07) is 0. The summed E-state index contributed by atoms with van der Waals surface area (Å²) in [4.78, 5) is 27.8. The maximum absolute atomic E-state index is 10.8. The number of aliphatic carboxylic acids is 2. The van der Waals surface area contributed by atoms with Crippen LogP contribution in [0.5, 0.6) is 0 Å². The predicted octanol–water partition coefficient (Wildman–Crippen LogP) is 1.50. The van der Waals surface area contributed by atoms with Gasteiger partial charge in [-0.1, -0.05) is 24.8 Å². The Morgan fingerprint density at radius 2 is 2.08 bits per heavy atom. The van der Waals surface area contributed by atoms with Gasteiger partial charge in [-0.2, -0.15) is 8.42 Å². The lowest BCUT2D eigenvalue weighted by Gasteiger charge is -2.23. The number of hydrogen-bond donors (Lipinski definition) is 3. The molecule has 0 fully saturated rings. The lowest BCUT2D eigenvalue weighted by Crippen LogP contribution is -2.28. The van der Waals surface area contributed by atoms with Crippen LogP contribution >= 0.6 is 0 Å². The normalized spacial score (nSPS) is 18.2. The second-order valence-corrected chi connectivity index (χ2v) is 6.20. The van der Waals surface area contributed by atoms with Crippen LogP contribution in [0.25, 0.3) is 0 Å². The first-order valence-electron chi connectivity index (χ1n) is 6.95. The molecule has 1 aromatic heterocycles. The molecule has 0 spiro atoms. The minimum Gasteiger partial charge on any atom is -0.481 e. The zero-order valence-corrected chi connectivity index (χ0v) is 15.0. The van der Waals surface area contributed by atoms with E-state index in [4.69, 9.17) is 10.2 Å². The Morgan fingerprint density at radius 3 is 2.38 bits per heavy atom. The number of carboxylic acid groups (broad SMARTS) is 2. The number of imidazole rings is 1.